The second-order valence-electron chi connectivity index (χ2n) is 3.09. The molecule has 12 heavy (non-hydrogen) atoms. The van der Waals surface area contributed by atoms with Gasteiger partial charge >= 0.3 is 0 Å². The topological polar surface area (TPSA) is 39.2 Å². The van der Waals surface area contributed by atoms with E-state index in [4.69, 9.17) is 10.2 Å². The van der Waals surface area contributed by atoms with Crippen LogP contribution in [0, 0.1) is 13.8 Å². The van der Waals surface area contributed by atoms with Gasteiger partial charge in [-0.3, -0.25) is 0 Å². The first kappa shape index (κ1) is 9.07. The van der Waals surface area contributed by atoms with E-state index in [1.54, 1.807) is 0 Å². The predicted molar refractivity (Wildman–Crippen MR) is 50.9 cm³/mol. The number of aryl methyl sites for hydroxylation is 2. The fourth-order valence-corrected chi connectivity index (χ4v) is 1.07. The summed E-state index contributed by atoms with van der Waals surface area (Å²) < 4.78 is 5.35. The van der Waals surface area contributed by atoms with Crippen LogP contribution >= 0.6 is 0 Å². The van der Waals surface area contributed by atoms with Gasteiger partial charge in [0, 0.05) is 11.6 Å². The maximum Gasteiger partial charge on any atom is 0.108 e. The van der Waals surface area contributed by atoms with Crippen LogP contribution in [0.25, 0.3) is 6.08 Å². The van der Waals surface area contributed by atoms with Crippen molar-refractivity contribution in [2.75, 3.05) is 0 Å². The Hall–Kier alpha value is -1.02. The quantitative estimate of drug-likeness (QED) is 0.730. The lowest BCUT2D eigenvalue weighted by Gasteiger charge is -1.93. The Morgan fingerprint density at radius 3 is 2.58 bits per heavy atom. The summed E-state index contributed by atoms with van der Waals surface area (Å²) in [6.07, 6.45) is 3.95. The second kappa shape index (κ2) is 3.59. The minimum atomic E-state index is 0.0969. The van der Waals surface area contributed by atoms with Crippen LogP contribution in [-0.2, 0) is 0 Å². The summed E-state index contributed by atoms with van der Waals surface area (Å²) in [5.41, 5.74) is 6.70. The Morgan fingerprint density at radius 1 is 1.50 bits per heavy atom. The molecule has 0 radical (unpaired) electrons. The lowest BCUT2D eigenvalue weighted by atomic mass is 10.2. The van der Waals surface area contributed by atoms with Gasteiger partial charge in [0.25, 0.3) is 0 Å². The monoisotopic (exact) mass is 165 g/mol. The van der Waals surface area contributed by atoms with E-state index in [0.717, 1.165) is 17.1 Å². The molecule has 1 aromatic rings. The molecule has 0 spiro atoms. The molecule has 0 bridgehead atoms. The molecule has 1 heterocycles. The fourth-order valence-electron chi connectivity index (χ4n) is 1.07. The molecule has 0 aromatic carbocycles. The maximum atomic E-state index is 5.58. The number of nitrogens with two attached hydrogens (primary N) is 1. The van der Waals surface area contributed by atoms with Gasteiger partial charge in [0.1, 0.15) is 11.5 Å². The molecule has 2 N–H and O–H groups in total. The van der Waals surface area contributed by atoms with Crippen LogP contribution in [0.2, 0.25) is 0 Å². The first-order chi connectivity index (χ1) is 5.59. The molecule has 0 aliphatic heterocycles. The molecule has 0 fully saturated rings. The van der Waals surface area contributed by atoms with Crippen molar-refractivity contribution in [2.24, 2.45) is 5.73 Å². The summed E-state index contributed by atoms with van der Waals surface area (Å²) in [7, 11) is 0. The molecule has 0 amide bonds. The summed E-state index contributed by atoms with van der Waals surface area (Å²) in [5, 5.41) is 0. The highest BCUT2D eigenvalue weighted by Gasteiger charge is 1.99. The fraction of sp³-hybridized carbons (Fsp3) is 0.400. The summed E-state index contributed by atoms with van der Waals surface area (Å²) >= 11 is 0. The maximum absolute atomic E-state index is 5.58. The molecule has 1 unspecified atom stereocenters. The lowest BCUT2D eigenvalue weighted by molar-refractivity contribution is 0.504. The van der Waals surface area contributed by atoms with Crippen molar-refractivity contribution in [3.05, 3.63) is 29.2 Å². The third-order valence-electron chi connectivity index (χ3n) is 1.66. The van der Waals surface area contributed by atoms with Crippen molar-refractivity contribution in [1.82, 2.24) is 0 Å². The van der Waals surface area contributed by atoms with E-state index in [2.05, 4.69) is 0 Å². The Balaban J connectivity index is 2.81. The van der Waals surface area contributed by atoms with Crippen LogP contribution in [0.1, 0.15) is 24.0 Å². The second-order valence-corrected chi connectivity index (χ2v) is 3.09. The van der Waals surface area contributed by atoms with E-state index in [-0.39, 0.29) is 6.04 Å². The van der Waals surface area contributed by atoms with Gasteiger partial charge in [-0.1, -0.05) is 12.2 Å². The van der Waals surface area contributed by atoms with Crippen LogP contribution in [0.5, 0.6) is 0 Å². The van der Waals surface area contributed by atoms with E-state index in [0.29, 0.717) is 0 Å². The molecule has 1 atom stereocenters. The van der Waals surface area contributed by atoms with Crippen molar-refractivity contribution >= 4 is 6.08 Å². The molecule has 66 valence electrons. The lowest BCUT2D eigenvalue weighted by Crippen LogP contribution is -2.09. The normalized spacial score (nSPS) is 14.0. The molecular formula is C10H15NO. The van der Waals surface area contributed by atoms with E-state index in [1.807, 2.05) is 39.0 Å². The van der Waals surface area contributed by atoms with Crippen molar-refractivity contribution in [3.63, 3.8) is 0 Å². The SMILES string of the molecule is Cc1cc(/C=C/C(C)N)c(C)o1. The third kappa shape index (κ3) is 2.24. The largest absolute Gasteiger partial charge is 0.466 e. The van der Waals surface area contributed by atoms with E-state index >= 15 is 0 Å². The van der Waals surface area contributed by atoms with Crippen LogP contribution in [0.15, 0.2) is 16.6 Å². The van der Waals surface area contributed by atoms with Gasteiger partial charge in [0.2, 0.25) is 0 Å². The Labute approximate surface area is 73.1 Å². The average Bonchev–Trinajstić information content (AvgIpc) is 2.26. The highest BCUT2D eigenvalue weighted by molar-refractivity contribution is 5.52. The Bertz CT molecular complexity index is 284. The predicted octanol–water partition coefficient (Wildman–Crippen LogP) is 2.26. The van der Waals surface area contributed by atoms with Crippen molar-refractivity contribution in [3.8, 4) is 0 Å². The molecule has 2 heteroatoms. The molecule has 1 aromatic heterocycles. The van der Waals surface area contributed by atoms with E-state index in [1.165, 1.54) is 0 Å². The average molecular weight is 165 g/mol. The summed E-state index contributed by atoms with van der Waals surface area (Å²) in [5.74, 6) is 1.89. The zero-order chi connectivity index (χ0) is 9.14. The van der Waals surface area contributed by atoms with E-state index in [9.17, 15) is 0 Å². The zero-order valence-electron chi connectivity index (χ0n) is 7.79. The van der Waals surface area contributed by atoms with Crippen LogP contribution < -0.4 is 5.73 Å². The molecular weight excluding hydrogens is 150 g/mol. The highest BCUT2D eigenvalue weighted by atomic mass is 16.3. The van der Waals surface area contributed by atoms with Gasteiger partial charge in [-0.15, -0.1) is 0 Å². The van der Waals surface area contributed by atoms with Gasteiger partial charge in [0.05, 0.1) is 0 Å². The van der Waals surface area contributed by atoms with Crippen molar-refractivity contribution < 1.29 is 4.42 Å². The van der Waals surface area contributed by atoms with Gasteiger partial charge in [-0.25, -0.2) is 0 Å². The van der Waals surface area contributed by atoms with E-state index < -0.39 is 0 Å². The minimum absolute atomic E-state index is 0.0969. The molecule has 2 nitrogen and oxygen atoms in total. The van der Waals surface area contributed by atoms with Crippen LogP contribution in [0.3, 0.4) is 0 Å². The van der Waals surface area contributed by atoms with Crippen LogP contribution in [-0.4, -0.2) is 6.04 Å². The Morgan fingerprint density at radius 2 is 2.17 bits per heavy atom. The first-order valence-corrected chi connectivity index (χ1v) is 4.10. The highest BCUT2D eigenvalue weighted by Crippen LogP contribution is 2.14. The number of rotatable bonds is 2. The number of hydrogen-bond donors (Lipinski definition) is 1. The van der Waals surface area contributed by atoms with Crippen molar-refractivity contribution in [2.45, 2.75) is 26.8 Å². The summed E-state index contributed by atoms with van der Waals surface area (Å²) in [6.45, 7) is 5.84. The summed E-state index contributed by atoms with van der Waals surface area (Å²) in [4.78, 5) is 0. The first-order valence-electron chi connectivity index (χ1n) is 4.10. The van der Waals surface area contributed by atoms with Gasteiger partial charge in [0.15, 0.2) is 0 Å². The smallest absolute Gasteiger partial charge is 0.108 e. The summed E-state index contributed by atoms with van der Waals surface area (Å²) in [6, 6.07) is 2.11. The molecule has 0 saturated carbocycles. The number of furan rings is 1. The van der Waals surface area contributed by atoms with Crippen LogP contribution in [0.4, 0.5) is 0 Å². The number of hydrogen-bond acceptors (Lipinski definition) is 2. The third-order valence-corrected chi connectivity index (χ3v) is 1.66. The standard InChI is InChI=1S/C10H15NO/c1-7(11)4-5-10-6-8(2)12-9(10)3/h4-7H,11H2,1-3H3/b5-4+. The van der Waals surface area contributed by atoms with Crippen molar-refractivity contribution in [1.29, 1.82) is 0 Å². The molecule has 0 aliphatic carbocycles. The van der Waals surface area contributed by atoms with Gasteiger partial charge in [-0.2, -0.15) is 0 Å². The molecule has 0 aliphatic rings. The van der Waals surface area contributed by atoms with Gasteiger partial charge < -0.3 is 10.2 Å². The molecule has 0 saturated heterocycles. The zero-order valence-corrected chi connectivity index (χ0v) is 7.79. The van der Waals surface area contributed by atoms with Gasteiger partial charge in [-0.05, 0) is 26.8 Å². The Kier molecular flexibility index (Phi) is 2.71. The minimum Gasteiger partial charge on any atom is -0.466 e. The molecule has 1 rings (SSSR count).